The molecular formula is C12H15N5O. The lowest BCUT2D eigenvalue weighted by Gasteiger charge is -2.06. The summed E-state index contributed by atoms with van der Waals surface area (Å²) in [5.41, 5.74) is 1.55. The van der Waals surface area contributed by atoms with Crippen molar-refractivity contribution in [3.63, 3.8) is 0 Å². The number of carbonyl (C=O) groups excluding carboxylic acids is 1. The summed E-state index contributed by atoms with van der Waals surface area (Å²) in [6.45, 7) is 4.59. The molecule has 6 heteroatoms. The molecule has 6 nitrogen and oxygen atoms in total. The normalized spacial score (nSPS) is 10.3. The van der Waals surface area contributed by atoms with E-state index in [2.05, 4.69) is 20.8 Å². The molecule has 0 aliphatic carbocycles. The number of hydrogen-bond acceptors (Lipinski definition) is 4. The summed E-state index contributed by atoms with van der Waals surface area (Å²) in [7, 11) is 0. The molecule has 0 atom stereocenters. The number of anilines is 1. The molecule has 94 valence electrons. The molecule has 1 amide bonds. The third kappa shape index (κ3) is 2.53. The van der Waals surface area contributed by atoms with Crippen LogP contribution < -0.4 is 5.32 Å². The molecule has 2 rings (SSSR count). The van der Waals surface area contributed by atoms with Crippen LogP contribution in [0.3, 0.4) is 0 Å². The van der Waals surface area contributed by atoms with Crippen molar-refractivity contribution in [1.29, 1.82) is 0 Å². The fourth-order valence-electron chi connectivity index (χ4n) is 1.65. The maximum absolute atomic E-state index is 12.1. The average Bonchev–Trinajstić information content (AvgIpc) is 2.78. The number of nitrogens with zero attached hydrogens (tertiary/aromatic N) is 4. The fourth-order valence-corrected chi connectivity index (χ4v) is 1.65. The number of benzene rings is 1. The first-order valence-corrected chi connectivity index (χ1v) is 5.85. The predicted molar refractivity (Wildman–Crippen MR) is 67.2 cm³/mol. The summed E-state index contributed by atoms with van der Waals surface area (Å²) < 4.78 is 1.58. The van der Waals surface area contributed by atoms with Crippen molar-refractivity contribution in [1.82, 2.24) is 20.2 Å². The topological polar surface area (TPSA) is 72.7 Å². The standard InChI is InChI=1S/C12H15N5O/c1-3-8-17-12(14-15-16-17)13-11(18)10-7-5-4-6-9(10)2/h4-7H,3,8H2,1-2H3,(H,13,14,16,18). The van der Waals surface area contributed by atoms with Gasteiger partial charge in [0.15, 0.2) is 0 Å². The van der Waals surface area contributed by atoms with Crippen LogP contribution in [0.4, 0.5) is 5.95 Å². The summed E-state index contributed by atoms with van der Waals surface area (Å²) in [5.74, 6) is 0.186. The monoisotopic (exact) mass is 245 g/mol. The van der Waals surface area contributed by atoms with Crippen LogP contribution in [0.2, 0.25) is 0 Å². The van der Waals surface area contributed by atoms with Crippen LogP contribution in [-0.4, -0.2) is 26.1 Å². The lowest BCUT2D eigenvalue weighted by Crippen LogP contribution is -2.17. The van der Waals surface area contributed by atoms with E-state index in [4.69, 9.17) is 0 Å². The van der Waals surface area contributed by atoms with E-state index in [1.54, 1.807) is 10.7 Å². The van der Waals surface area contributed by atoms with Gasteiger partial charge in [0, 0.05) is 12.1 Å². The van der Waals surface area contributed by atoms with Gasteiger partial charge >= 0.3 is 0 Å². The number of hydrogen-bond donors (Lipinski definition) is 1. The number of carbonyl (C=O) groups is 1. The largest absolute Gasteiger partial charge is 0.289 e. The second kappa shape index (κ2) is 5.39. The number of rotatable bonds is 4. The minimum absolute atomic E-state index is 0.194. The van der Waals surface area contributed by atoms with E-state index >= 15 is 0 Å². The Balaban J connectivity index is 2.17. The molecule has 1 aromatic heterocycles. The van der Waals surface area contributed by atoms with Crippen LogP contribution in [0.1, 0.15) is 29.3 Å². The predicted octanol–water partition coefficient (Wildman–Crippen LogP) is 1.64. The molecule has 0 saturated carbocycles. The minimum Gasteiger partial charge on any atom is -0.289 e. The lowest BCUT2D eigenvalue weighted by molar-refractivity contribution is 0.102. The summed E-state index contributed by atoms with van der Waals surface area (Å²) in [6, 6.07) is 7.40. The lowest BCUT2D eigenvalue weighted by atomic mass is 10.1. The second-order valence-corrected chi connectivity index (χ2v) is 3.99. The number of nitrogens with one attached hydrogen (secondary N) is 1. The highest BCUT2D eigenvalue weighted by molar-refractivity contribution is 6.04. The first kappa shape index (κ1) is 12.2. The molecule has 0 aliphatic rings. The molecule has 18 heavy (non-hydrogen) atoms. The van der Waals surface area contributed by atoms with Gasteiger partial charge in [-0.15, -0.1) is 0 Å². The van der Waals surface area contributed by atoms with E-state index in [9.17, 15) is 4.79 Å². The quantitative estimate of drug-likeness (QED) is 0.888. The van der Waals surface area contributed by atoms with Crippen molar-refractivity contribution >= 4 is 11.9 Å². The third-order valence-corrected chi connectivity index (χ3v) is 2.58. The van der Waals surface area contributed by atoms with Crippen molar-refractivity contribution in [3.8, 4) is 0 Å². The van der Waals surface area contributed by atoms with E-state index in [-0.39, 0.29) is 5.91 Å². The average molecular weight is 245 g/mol. The summed E-state index contributed by atoms with van der Waals surface area (Å²) in [6.07, 6.45) is 0.901. The number of amides is 1. The fraction of sp³-hybridized carbons (Fsp3) is 0.333. The molecule has 1 N–H and O–H groups in total. The minimum atomic E-state index is -0.194. The van der Waals surface area contributed by atoms with Gasteiger partial charge in [-0.2, -0.15) is 0 Å². The maximum atomic E-state index is 12.1. The summed E-state index contributed by atoms with van der Waals surface area (Å²) in [4.78, 5) is 12.1. The van der Waals surface area contributed by atoms with E-state index in [0.29, 0.717) is 18.1 Å². The first-order valence-electron chi connectivity index (χ1n) is 5.85. The van der Waals surface area contributed by atoms with Crippen molar-refractivity contribution in [2.75, 3.05) is 5.32 Å². The van der Waals surface area contributed by atoms with Gasteiger partial charge in [0.2, 0.25) is 5.95 Å². The Morgan fingerprint density at radius 3 is 2.89 bits per heavy atom. The Labute approximate surface area is 105 Å². The van der Waals surface area contributed by atoms with Gasteiger partial charge < -0.3 is 0 Å². The number of aryl methyl sites for hydroxylation is 2. The van der Waals surface area contributed by atoms with Crippen molar-refractivity contribution in [2.24, 2.45) is 0 Å². The SMILES string of the molecule is CCCn1nnnc1NC(=O)c1ccccc1C. The molecule has 1 heterocycles. The molecule has 0 radical (unpaired) electrons. The highest BCUT2D eigenvalue weighted by atomic mass is 16.1. The highest BCUT2D eigenvalue weighted by Crippen LogP contribution is 2.10. The Morgan fingerprint density at radius 1 is 1.39 bits per heavy atom. The van der Waals surface area contributed by atoms with Crippen LogP contribution in [0.25, 0.3) is 0 Å². The van der Waals surface area contributed by atoms with Crippen LogP contribution >= 0.6 is 0 Å². The van der Waals surface area contributed by atoms with Gasteiger partial charge in [0.25, 0.3) is 5.91 Å². The Morgan fingerprint density at radius 2 is 2.17 bits per heavy atom. The third-order valence-electron chi connectivity index (χ3n) is 2.58. The highest BCUT2D eigenvalue weighted by Gasteiger charge is 2.12. The molecule has 2 aromatic rings. The van der Waals surface area contributed by atoms with Crippen LogP contribution in [0.5, 0.6) is 0 Å². The Hall–Kier alpha value is -2.24. The molecule has 0 unspecified atom stereocenters. The van der Waals surface area contributed by atoms with E-state index in [0.717, 1.165) is 12.0 Å². The smallest absolute Gasteiger partial charge is 0.258 e. The molecule has 0 bridgehead atoms. The zero-order chi connectivity index (χ0) is 13.0. The van der Waals surface area contributed by atoms with Gasteiger partial charge in [-0.05, 0) is 35.4 Å². The van der Waals surface area contributed by atoms with Gasteiger partial charge in [0.1, 0.15) is 0 Å². The zero-order valence-electron chi connectivity index (χ0n) is 10.4. The van der Waals surface area contributed by atoms with E-state index in [1.165, 1.54) is 0 Å². The molecule has 0 spiro atoms. The summed E-state index contributed by atoms with van der Waals surface area (Å²) in [5, 5.41) is 13.9. The van der Waals surface area contributed by atoms with Crippen LogP contribution in [-0.2, 0) is 6.54 Å². The molecule has 0 saturated heterocycles. The molecular weight excluding hydrogens is 230 g/mol. The van der Waals surface area contributed by atoms with Crippen LogP contribution in [0.15, 0.2) is 24.3 Å². The molecule has 0 fully saturated rings. The maximum Gasteiger partial charge on any atom is 0.258 e. The number of aromatic nitrogens is 4. The molecule has 0 aliphatic heterocycles. The van der Waals surface area contributed by atoms with E-state index in [1.807, 2.05) is 32.0 Å². The van der Waals surface area contributed by atoms with Crippen LogP contribution in [0, 0.1) is 6.92 Å². The van der Waals surface area contributed by atoms with Gasteiger partial charge in [-0.25, -0.2) is 4.68 Å². The zero-order valence-corrected chi connectivity index (χ0v) is 10.4. The van der Waals surface area contributed by atoms with Crippen molar-refractivity contribution < 1.29 is 4.79 Å². The Kier molecular flexibility index (Phi) is 3.66. The first-order chi connectivity index (χ1) is 8.72. The molecule has 1 aromatic carbocycles. The van der Waals surface area contributed by atoms with Crippen molar-refractivity contribution in [2.45, 2.75) is 26.8 Å². The van der Waals surface area contributed by atoms with Gasteiger partial charge in [0.05, 0.1) is 0 Å². The number of tetrazole rings is 1. The Bertz CT molecular complexity index is 549. The van der Waals surface area contributed by atoms with Gasteiger partial charge in [-0.3, -0.25) is 10.1 Å². The van der Waals surface area contributed by atoms with Crippen molar-refractivity contribution in [3.05, 3.63) is 35.4 Å². The van der Waals surface area contributed by atoms with Gasteiger partial charge in [-0.1, -0.05) is 30.2 Å². The summed E-state index contributed by atoms with van der Waals surface area (Å²) >= 11 is 0. The van der Waals surface area contributed by atoms with E-state index < -0.39 is 0 Å². The second-order valence-electron chi connectivity index (χ2n) is 3.99.